The maximum Gasteiger partial charge on any atom is 0.234 e. The van der Waals surface area contributed by atoms with E-state index >= 15 is 0 Å². The smallest absolute Gasteiger partial charge is 0.234 e. The SMILES string of the molecule is Cc1noc(C)c1CN(C)CC(=O)NCc1ccco1. The molecule has 1 amide bonds. The molecule has 1 N–H and O–H groups in total. The van der Waals surface area contributed by atoms with E-state index in [1.807, 2.05) is 31.9 Å². The molecule has 0 saturated heterocycles. The van der Waals surface area contributed by atoms with Crippen molar-refractivity contribution in [3.8, 4) is 0 Å². The zero-order chi connectivity index (χ0) is 14.5. The Bertz CT molecular complexity index is 541. The highest BCUT2D eigenvalue weighted by Crippen LogP contribution is 2.13. The molecule has 0 aliphatic rings. The van der Waals surface area contributed by atoms with Gasteiger partial charge in [0.25, 0.3) is 0 Å². The fourth-order valence-corrected chi connectivity index (χ4v) is 1.95. The van der Waals surface area contributed by atoms with E-state index in [4.69, 9.17) is 8.94 Å². The summed E-state index contributed by atoms with van der Waals surface area (Å²) in [6.45, 7) is 5.13. The van der Waals surface area contributed by atoms with Gasteiger partial charge < -0.3 is 14.3 Å². The van der Waals surface area contributed by atoms with Gasteiger partial charge in [-0.15, -0.1) is 0 Å². The zero-order valence-electron chi connectivity index (χ0n) is 12.0. The van der Waals surface area contributed by atoms with Crippen LogP contribution in [0.5, 0.6) is 0 Å². The van der Waals surface area contributed by atoms with Crippen molar-refractivity contribution in [2.24, 2.45) is 0 Å². The molecule has 20 heavy (non-hydrogen) atoms. The van der Waals surface area contributed by atoms with Gasteiger partial charge in [-0.1, -0.05) is 5.16 Å². The van der Waals surface area contributed by atoms with Gasteiger partial charge in [0.1, 0.15) is 11.5 Å². The Labute approximate surface area is 117 Å². The van der Waals surface area contributed by atoms with E-state index in [9.17, 15) is 4.79 Å². The lowest BCUT2D eigenvalue weighted by Gasteiger charge is -2.15. The van der Waals surface area contributed by atoms with Gasteiger partial charge in [0.15, 0.2) is 0 Å². The number of carbonyl (C=O) groups excluding carboxylic acids is 1. The molecule has 0 bridgehead atoms. The summed E-state index contributed by atoms with van der Waals surface area (Å²) in [5.74, 6) is 1.49. The van der Waals surface area contributed by atoms with Crippen LogP contribution in [0.25, 0.3) is 0 Å². The second-order valence-electron chi connectivity index (χ2n) is 4.83. The topological polar surface area (TPSA) is 71.5 Å². The van der Waals surface area contributed by atoms with Gasteiger partial charge in [0, 0.05) is 12.1 Å². The maximum atomic E-state index is 11.8. The van der Waals surface area contributed by atoms with Crippen LogP contribution in [0, 0.1) is 13.8 Å². The van der Waals surface area contributed by atoms with Crippen molar-refractivity contribution in [2.45, 2.75) is 26.9 Å². The van der Waals surface area contributed by atoms with Crippen molar-refractivity contribution < 1.29 is 13.7 Å². The third-order valence-electron chi connectivity index (χ3n) is 3.06. The van der Waals surface area contributed by atoms with Crippen LogP contribution in [0.1, 0.15) is 22.8 Å². The molecule has 6 heteroatoms. The molecular formula is C14H19N3O3. The first-order valence-electron chi connectivity index (χ1n) is 6.45. The number of aromatic nitrogens is 1. The lowest BCUT2D eigenvalue weighted by molar-refractivity contribution is -0.122. The van der Waals surface area contributed by atoms with Gasteiger partial charge in [-0.3, -0.25) is 9.69 Å². The summed E-state index contributed by atoms with van der Waals surface area (Å²) < 4.78 is 10.3. The minimum absolute atomic E-state index is 0.0457. The largest absolute Gasteiger partial charge is 0.467 e. The van der Waals surface area contributed by atoms with Gasteiger partial charge in [0.05, 0.1) is 25.0 Å². The number of hydrogen-bond donors (Lipinski definition) is 1. The van der Waals surface area contributed by atoms with E-state index in [1.54, 1.807) is 12.3 Å². The highest BCUT2D eigenvalue weighted by Gasteiger charge is 2.13. The fourth-order valence-electron chi connectivity index (χ4n) is 1.95. The van der Waals surface area contributed by atoms with Crippen LogP contribution >= 0.6 is 0 Å². The van der Waals surface area contributed by atoms with Crippen molar-refractivity contribution in [3.05, 3.63) is 41.2 Å². The number of nitrogens with one attached hydrogen (secondary N) is 1. The zero-order valence-corrected chi connectivity index (χ0v) is 12.0. The van der Waals surface area contributed by atoms with Gasteiger partial charge >= 0.3 is 0 Å². The number of nitrogens with zero attached hydrogens (tertiary/aromatic N) is 2. The first kappa shape index (κ1) is 14.3. The third-order valence-corrected chi connectivity index (χ3v) is 3.06. The molecule has 0 saturated carbocycles. The summed E-state index contributed by atoms with van der Waals surface area (Å²) in [6.07, 6.45) is 1.59. The lowest BCUT2D eigenvalue weighted by Crippen LogP contribution is -2.34. The predicted octanol–water partition coefficient (Wildman–Crippen LogP) is 1.63. The molecule has 0 atom stereocenters. The number of rotatable bonds is 6. The van der Waals surface area contributed by atoms with Crippen molar-refractivity contribution >= 4 is 5.91 Å². The molecular weight excluding hydrogens is 258 g/mol. The van der Waals surface area contributed by atoms with Crippen LogP contribution in [-0.2, 0) is 17.9 Å². The van der Waals surface area contributed by atoms with Crippen LogP contribution in [-0.4, -0.2) is 29.6 Å². The van der Waals surface area contributed by atoms with Crippen LogP contribution in [0.4, 0.5) is 0 Å². The monoisotopic (exact) mass is 277 g/mol. The van der Waals surface area contributed by atoms with Gasteiger partial charge in [-0.25, -0.2) is 0 Å². The molecule has 2 aromatic heterocycles. The van der Waals surface area contributed by atoms with E-state index in [-0.39, 0.29) is 5.91 Å². The lowest BCUT2D eigenvalue weighted by atomic mass is 10.2. The van der Waals surface area contributed by atoms with Crippen LogP contribution in [0.15, 0.2) is 27.3 Å². The summed E-state index contributed by atoms with van der Waals surface area (Å²) in [6, 6.07) is 3.62. The molecule has 2 aromatic rings. The summed E-state index contributed by atoms with van der Waals surface area (Å²) in [5.41, 5.74) is 1.90. The number of furan rings is 1. The van der Waals surface area contributed by atoms with E-state index in [1.165, 1.54) is 0 Å². The van der Waals surface area contributed by atoms with Crippen LogP contribution in [0.3, 0.4) is 0 Å². The molecule has 6 nitrogen and oxygen atoms in total. The normalized spacial score (nSPS) is 11.0. The van der Waals surface area contributed by atoms with Crippen molar-refractivity contribution in [3.63, 3.8) is 0 Å². The Morgan fingerprint density at radius 1 is 1.45 bits per heavy atom. The Balaban J connectivity index is 1.79. The molecule has 0 unspecified atom stereocenters. The third kappa shape index (κ3) is 3.71. The number of aryl methyl sites for hydroxylation is 2. The van der Waals surface area contributed by atoms with E-state index in [2.05, 4.69) is 10.5 Å². The Morgan fingerprint density at radius 2 is 2.25 bits per heavy atom. The van der Waals surface area contributed by atoms with E-state index in [0.717, 1.165) is 22.8 Å². The Kier molecular flexibility index (Phi) is 4.57. The summed E-state index contributed by atoms with van der Waals surface area (Å²) in [4.78, 5) is 13.7. The van der Waals surface area contributed by atoms with Gasteiger partial charge in [-0.05, 0) is 33.0 Å². The Morgan fingerprint density at radius 3 is 2.85 bits per heavy atom. The minimum Gasteiger partial charge on any atom is -0.467 e. The molecule has 0 aliphatic heterocycles. The first-order valence-corrected chi connectivity index (χ1v) is 6.45. The van der Waals surface area contributed by atoms with Crippen molar-refractivity contribution in [1.82, 2.24) is 15.4 Å². The van der Waals surface area contributed by atoms with E-state index < -0.39 is 0 Å². The molecule has 2 heterocycles. The highest BCUT2D eigenvalue weighted by atomic mass is 16.5. The molecule has 108 valence electrons. The standard InChI is InChI=1S/C14H19N3O3/c1-10-13(11(2)20-16-10)8-17(3)9-14(18)15-7-12-5-4-6-19-12/h4-6H,7-9H2,1-3H3,(H,15,18). The molecule has 0 spiro atoms. The number of carbonyl (C=O) groups is 1. The molecule has 0 fully saturated rings. The maximum absolute atomic E-state index is 11.8. The summed E-state index contributed by atoms with van der Waals surface area (Å²) >= 11 is 0. The molecule has 2 rings (SSSR count). The summed E-state index contributed by atoms with van der Waals surface area (Å²) in [5, 5.41) is 6.72. The van der Waals surface area contributed by atoms with Gasteiger partial charge in [-0.2, -0.15) is 0 Å². The van der Waals surface area contributed by atoms with Crippen LogP contribution in [0.2, 0.25) is 0 Å². The summed E-state index contributed by atoms with van der Waals surface area (Å²) in [7, 11) is 1.89. The van der Waals surface area contributed by atoms with E-state index in [0.29, 0.717) is 19.6 Å². The number of hydrogen-bond acceptors (Lipinski definition) is 5. The molecule has 0 aromatic carbocycles. The van der Waals surface area contributed by atoms with Gasteiger partial charge in [0.2, 0.25) is 5.91 Å². The number of amides is 1. The minimum atomic E-state index is -0.0457. The van der Waals surface area contributed by atoms with Crippen molar-refractivity contribution in [2.75, 3.05) is 13.6 Å². The highest BCUT2D eigenvalue weighted by molar-refractivity contribution is 5.77. The predicted molar refractivity (Wildman–Crippen MR) is 72.9 cm³/mol. The van der Waals surface area contributed by atoms with Crippen molar-refractivity contribution in [1.29, 1.82) is 0 Å². The quantitative estimate of drug-likeness (QED) is 0.869. The fraction of sp³-hybridized carbons (Fsp3) is 0.429. The first-order chi connectivity index (χ1) is 9.56. The molecule has 0 aliphatic carbocycles. The van der Waals surface area contributed by atoms with Crippen LogP contribution < -0.4 is 5.32 Å². The second-order valence-corrected chi connectivity index (χ2v) is 4.83. The second kappa shape index (κ2) is 6.38. The average Bonchev–Trinajstić information content (AvgIpc) is 3.01. The average molecular weight is 277 g/mol. The molecule has 0 radical (unpaired) electrons. The Hall–Kier alpha value is -2.08. The number of likely N-dealkylation sites (N-methyl/N-ethyl adjacent to an activating group) is 1.